The molecule has 86 valence electrons. The molecule has 3 nitrogen and oxygen atoms in total. The summed E-state index contributed by atoms with van der Waals surface area (Å²) in [6.07, 6.45) is 1.56. The highest BCUT2D eigenvalue weighted by Gasteiger charge is 2.13. The second-order valence-electron chi connectivity index (χ2n) is 4.05. The summed E-state index contributed by atoms with van der Waals surface area (Å²) >= 11 is 0. The number of hydrogen-bond acceptors (Lipinski definition) is 3. The summed E-state index contributed by atoms with van der Waals surface area (Å²) in [4.78, 5) is 13.8. The monoisotopic (exact) mass is 219 g/mol. The molecular formula is C13H17NO2. The molecule has 0 amide bonds. The lowest BCUT2D eigenvalue weighted by Gasteiger charge is -2.16. The Balaban J connectivity index is 3.31. The van der Waals surface area contributed by atoms with Crippen molar-refractivity contribution in [3.05, 3.63) is 28.8 Å². The first kappa shape index (κ1) is 12.5. The highest BCUT2D eigenvalue weighted by atomic mass is 16.5. The predicted octanol–water partition coefficient (Wildman–Crippen LogP) is 2.96. The van der Waals surface area contributed by atoms with Gasteiger partial charge in [-0.3, -0.25) is 0 Å². The van der Waals surface area contributed by atoms with Crippen LogP contribution in [0.15, 0.2) is 17.1 Å². The number of hydrogen-bond donors (Lipinski definition) is 0. The van der Waals surface area contributed by atoms with Crippen LogP contribution in [0.1, 0.15) is 36.5 Å². The molecule has 0 saturated heterocycles. The van der Waals surface area contributed by atoms with Crippen molar-refractivity contribution >= 4 is 6.08 Å². The molecule has 0 fully saturated rings. The third kappa shape index (κ3) is 2.50. The molecule has 0 N–H and O–H groups in total. The van der Waals surface area contributed by atoms with E-state index in [9.17, 15) is 4.79 Å². The van der Waals surface area contributed by atoms with Crippen molar-refractivity contribution < 1.29 is 9.53 Å². The molecule has 0 bridgehead atoms. The average Bonchev–Trinajstić information content (AvgIpc) is 2.26. The smallest absolute Gasteiger partial charge is 0.235 e. The largest absolute Gasteiger partial charge is 0.496 e. The normalized spacial score (nSPS) is 10.1. The Morgan fingerprint density at radius 3 is 2.62 bits per heavy atom. The lowest BCUT2D eigenvalue weighted by Crippen LogP contribution is -2.00. The summed E-state index contributed by atoms with van der Waals surface area (Å²) in [5.74, 6) is 1.23. The second kappa shape index (κ2) is 5.47. The minimum Gasteiger partial charge on any atom is -0.496 e. The summed E-state index contributed by atoms with van der Waals surface area (Å²) < 4.78 is 5.43. The maximum Gasteiger partial charge on any atom is 0.235 e. The fourth-order valence-electron chi connectivity index (χ4n) is 1.75. The van der Waals surface area contributed by atoms with E-state index in [4.69, 9.17) is 4.74 Å². The van der Waals surface area contributed by atoms with Crippen LogP contribution in [-0.2, 0) is 11.3 Å². The lowest BCUT2D eigenvalue weighted by atomic mass is 9.96. The maximum absolute atomic E-state index is 10.2. The third-order valence-corrected chi connectivity index (χ3v) is 2.65. The molecule has 3 heteroatoms. The number of isocyanates is 1. The van der Waals surface area contributed by atoms with E-state index in [-0.39, 0.29) is 0 Å². The van der Waals surface area contributed by atoms with E-state index in [0.717, 1.165) is 22.4 Å². The van der Waals surface area contributed by atoms with Gasteiger partial charge in [0.15, 0.2) is 0 Å². The third-order valence-electron chi connectivity index (χ3n) is 2.65. The zero-order valence-corrected chi connectivity index (χ0v) is 10.2. The van der Waals surface area contributed by atoms with Gasteiger partial charge in [-0.2, -0.15) is 0 Å². The van der Waals surface area contributed by atoms with E-state index in [2.05, 4.69) is 24.9 Å². The quantitative estimate of drug-likeness (QED) is 0.577. The van der Waals surface area contributed by atoms with E-state index < -0.39 is 0 Å². The van der Waals surface area contributed by atoms with Crippen molar-refractivity contribution in [2.45, 2.75) is 33.2 Å². The van der Waals surface area contributed by atoms with Crippen molar-refractivity contribution in [2.75, 3.05) is 7.11 Å². The topological polar surface area (TPSA) is 38.7 Å². The molecule has 0 aliphatic heterocycles. The van der Waals surface area contributed by atoms with Crippen molar-refractivity contribution in [2.24, 2.45) is 4.99 Å². The van der Waals surface area contributed by atoms with Crippen LogP contribution in [0.2, 0.25) is 0 Å². The Hall–Kier alpha value is -1.60. The van der Waals surface area contributed by atoms with Crippen LogP contribution in [0, 0.1) is 6.92 Å². The average molecular weight is 219 g/mol. The van der Waals surface area contributed by atoms with E-state index in [1.54, 1.807) is 13.2 Å². The molecule has 1 aromatic rings. The fourth-order valence-corrected chi connectivity index (χ4v) is 1.75. The Labute approximate surface area is 96.2 Å². The lowest BCUT2D eigenvalue weighted by molar-refractivity contribution is 0.402. The van der Waals surface area contributed by atoms with Crippen LogP contribution in [0.25, 0.3) is 0 Å². The Bertz CT molecular complexity index is 418. The van der Waals surface area contributed by atoms with E-state index >= 15 is 0 Å². The predicted molar refractivity (Wildman–Crippen MR) is 63.6 cm³/mol. The number of aliphatic imine (C=N–C) groups is 1. The zero-order valence-electron chi connectivity index (χ0n) is 10.2. The molecule has 0 aliphatic carbocycles. The minimum atomic E-state index is 0.332. The van der Waals surface area contributed by atoms with Gasteiger partial charge in [0.05, 0.1) is 13.7 Å². The SMILES string of the molecule is COc1c(C(C)C)ccc(C)c1CN=C=O. The molecule has 0 heterocycles. The summed E-state index contributed by atoms with van der Waals surface area (Å²) in [5.41, 5.74) is 3.20. The van der Waals surface area contributed by atoms with Gasteiger partial charge in [0.2, 0.25) is 6.08 Å². The Kier molecular flexibility index (Phi) is 4.27. The van der Waals surface area contributed by atoms with Gasteiger partial charge in [-0.05, 0) is 24.0 Å². The first-order valence-electron chi connectivity index (χ1n) is 5.31. The molecule has 0 spiro atoms. The number of rotatable bonds is 4. The van der Waals surface area contributed by atoms with E-state index in [1.807, 2.05) is 13.0 Å². The molecule has 0 saturated carbocycles. The number of nitrogens with zero attached hydrogens (tertiary/aromatic N) is 1. The first-order valence-corrected chi connectivity index (χ1v) is 5.31. The number of benzene rings is 1. The molecular weight excluding hydrogens is 202 g/mol. The number of aryl methyl sites for hydroxylation is 1. The van der Waals surface area contributed by atoms with Crippen LogP contribution in [0.3, 0.4) is 0 Å². The Morgan fingerprint density at radius 1 is 1.44 bits per heavy atom. The van der Waals surface area contributed by atoms with E-state index in [1.165, 1.54) is 0 Å². The van der Waals surface area contributed by atoms with Crippen molar-refractivity contribution in [3.63, 3.8) is 0 Å². The van der Waals surface area contributed by atoms with Gasteiger partial charge in [-0.25, -0.2) is 9.79 Å². The molecule has 0 aliphatic rings. The highest BCUT2D eigenvalue weighted by Crippen LogP contribution is 2.32. The molecule has 1 aromatic carbocycles. The van der Waals surface area contributed by atoms with Crippen LogP contribution >= 0.6 is 0 Å². The van der Waals surface area contributed by atoms with Gasteiger partial charge in [0.25, 0.3) is 0 Å². The first-order chi connectivity index (χ1) is 7.61. The zero-order chi connectivity index (χ0) is 12.1. The number of ether oxygens (including phenoxy) is 1. The standard InChI is InChI=1S/C13H17NO2/c1-9(2)11-6-5-10(3)12(7-14-8-15)13(11)16-4/h5-6,9H,7H2,1-4H3. The number of carbonyl (C=O) groups excluding carboxylic acids is 1. The fraction of sp³-hybridized carbons (Fsp3) is 0.462. The molecule has 16 heavy (non-hydrogen) atoms. The maximum atomic E-state index is 10.2. The van der Waals surface area contributed by atoms with Gasteiger partial charge in [-0.1, -0.05) is 26.0 Å². The van der Waals surface area contributed by atoms with Crippen LogP contribution in [-0.4, -0.2) is 13.2 Å². The molecule has 0 atom stereocenters. The van der Waals surface area contributed by atoms with Gasteiger partial charge < -0.3 is 4.74 Å². The van der Waals surface area contributed by atoms with Crippen molar-refractivity contribution in [1.29, 1.82) is 0 Å². The van der Waals surface area contributed by atoms with E-state index in [0.29, 0.717) is 12.5 Å². The summed E-state index contributed by atoms with van der Waals surface area (Å²) in [6, 6.07) is 4.10. The number of methoxy groups -OCH3 is 1. The van der Waals surface area contributed by atoms with Gasteiger partial charge in [0.1, 0.15) is 5.75 Å². The van der Waals surface area contributed by atoms with Crippen molar-refractivity contribution in [1.82, 2.24) is 0 Å². The Morgan fingerprint density at radius 2 is 2.12 bits per heavy atom. The summed E-state index contributed by atoms with van der Waals surface area (Å²) in [7, 11) is 1.65. The van der Waals surface area contributed by atoms with Gasteiger partial charge in [0, 0.05) is 5.56 Å². The van der Waals surface area contributed by atoms with Crippen molar-refractivity contribution in [3.8, 4) is 5.75 Å². The molecule has 1 rings (SSSR count). The minimum absolute atomic E-state index is 0.332. The summed E-state index contributed by atoms with van der Waals surface area (Å²) in [6.45, 7) is 6.54. The second-order valence-corrected chi connectivity index (χ2v) is 4.05. The molecule has 0 aromatic heterocycles. The molecule has 0 radical (unpaired) electrons. The highest BCUT2D eigenvalue weighted by molar-refractivity contribution is 5.48. The van der Waals surface area contributed by atoms with Crippen LogP contribution in [0.4, 0.5) is 0 Å². The molecule has 0 unspecified atom stereocenters. The summed E-state index contributed by atoms with van der Waals surface area (Å²) in [5, 5.41) is 0. The van der Waals surface area contributed by atoms with Crippen LogP contribution in [0.5, 0.6) is 5.75 Å². The van der Waals surface area contributed by atoms with Crippen LogP contribution < -0.4 is 4.74 Å². The van der Waals surface area contributed by atoms with Gasteiger partial charge in [-0.15, -0.1) is 0 Å². The van der Waals surface area contributed by atoms with Gasteiger partial charge >= 0.3 is 0 Å².